The molecule has 0 spiro atoms. The summed E-state index contributed by atoms with van der Waals surface area (Å²) in [5, 5.41) is 7.83. The van der Waals surface area contributed by atoms with E-state index in [0.717, 1.165) is 34.9 Å². The number of likely N-dealkylation sites (tertiary alicyclic amines) is 1. The number of likely N-dealkylation sites (N-methyl/N-ethyl adjacent to an activating group) is 1. The molecule has 0 saturated carbocycles. The van der Waals surface area contributed by atoms with Crippen LogP contribution in [0.5, 0.6) is 0 Å². The van der Waals surface area contributed by atoms with E-state index in [2.05, 4.69) is 20.6 Å². The maximum absolute atomic E-state index is 13.3. The van der Waals surface area contributed by atoms with Crippen LogP contribution < -0.4 is 10.6 Å². The molecule has 3 N–H and O–H groups in total. The van der Waals surface area contributed by atoms with E-state index in [1.165, 1.54) is 6.08 Å². The highest BCUT2D eigenvalue weighted by atomic mass is 35.5. The lowest BCUT2D eigenvalue weighted by Crippen LogP contribution is -2.42. The fourth-order valence-corrected chi connectivity index (χ4v) is 5.20. The smallest absolute Gasteiger partial charge is 0.254 e. The minimum absolute atomic E-state index is 0.00549. The van der Waals surface area contributed by atoms with Gasteiger partial charge in [-0.15, -0.1) is 0 Å². The zero-order valence-corrected chi connectivity index (χ0v) is 26.2. The van der Waals surface area contributed by atoms with E-state index >= 15 is 0 Å². The Hall–Kier alpha value is -4.21. The monoisotopic (exact) mass is 601 g/mol. The minimum Gasteiger partial charge on any atom is -0.360 e. The summed E-state index contributed by atoms with van der Waals surface area (Å²) in [6, 6.07) is 13.6. The molecule has 1 fully saturated rings. The predicted octanol–water partition coefficient (Wildman–Crippen LogP) is 6.39. The Labute approximate surface area is 258 Å². The fourth-order valence-electron chi connectivity index (χ4n) is 5.01. The molecule has 5 rings (SSSR count). The number of aromatic nitrogens is 3. The van der Waals surface area contributed by atoms with E-state index in [0.29, 0.717) is 47.6 Å². The van der Waals surface area contributed by atoms with E-state index in [1.54, 1.807) is 24.4 Å². The number of anilines is 2. The van der Waals surface area contributed by atoms with Crippen LogP contribution in [0.1, 0.15) is 42.6 Å². The highest BCUT2D eigenvalue weighted by Gasteiger charge is 2.25. The van der Waals surface area contributed by atoms with Crippen molar-refractivity contribution in [2.45, 2.75) is 39.7 Å². The van der Waals surface area contributed by atoms with Gasteiger partial charge in [0.2, 0.25) is 11.9 Å². The summed E-state index contributed by atoms with van der Waals surface area (Å²) in [7, 11) is 3.88. The standard InChI is InChI=1S/C31H34ClN7O2.C2H6/c1-20-17-22(35-28(40)9-6-14-38(2)3)10-11-23(20)30(41)39-15-12-21(13-16-39)36-31-34-19-26(32)29(37-31)25-18-33-27-8-5-4-7-24(25)27;1-2/h4-11,17-19,21,33H,12-16H2,1-3H3,(H,35,40)(H,34,36,37);1-2H3/b9-6+;. The average Bonchev–Trinajstić information content (AvgIpc) is 3.43. The van der Waals surface area contributed by atoms with Gasteiger partial charge in [-0.2, -0.15) is 0 Å². The van der Waals surface area contributed by atoms with Gasteiger partial charge in [0.25, 0.3) is 5.91 Å². The molecule has 1 aliphatic heterocycles. The number of carbonyl (C=O) groups is 2. The van der Waals surface area contributed by atoms with Crippen molar-refractivity contribution < 1.29 is 9.59 Å². The van der Waals surface area contributed by atoms with E-state index in [1.807, 2.05) is 81.2 Å². The van der Waals surface area contributed by atoms with Crippen LogP contribution in [0.3, 0.4) is 0 Å². The summed E-state index contributed by atoms with van der Waals surface area (Å²) in [6.07, 6.45) is 8.41. The number of para-hydroxylation sites is 1. The molecule has 0 bridgehead atoms. The van der Waals surface area contributed by atoms with E-state index < -0.39 is 0 Å². The topological polar surface area (TPSA) is 106 Å². The molecule has 2 aromatic heterocycles. The van der Waals surface area contributed by atoms with Crippen LogP contribution in [0.2, 0.25) is 5.02 Å². The Kier molecular flexibility index (Phi) is 10.9. The molecule has 2 aromatic carbocycles. The van der Waals surface area contributed by atoms with Crippen LogP contribution in [-0.4, -0.2) is 76.3 Å². The quantitative estimate of drug-likeness (QED) is 0.202. The lowest BCUT2D eigenvalue weighted by Gasteiger charge is -2.32. The first-order valence-corrected chi connectivity index (χ1v) is 15.0. The number of hydrogen-bond acceptors (Lipinski definition) is 6. The van der Waals surface area contributed by atoms with Crippen LogP contribution in [0.15, 0.2) is 67.0 Å². The summed E-state index contributed by atoms with van der Waals surface area (Å²) in [4.78, 5) is 41.7. The number of fused-ring (bicyclic) bond motifs is 1. The summed E-state index contributed by atoms with van der Waals surface area (Å²) < 4.78 is 0. The summed E-state index contributed by atoms with van der Waals surface area (Å²) >= 11 is 6.48. The normalized spacial score (nSPS) is 13.7. The Balaban J connectivity index is 0.00000207. The number of aryl methyl sites for hydroxylation is 1. The zero-order chi connectivity index (χ0) is 30.9. The molecule has 0 radical (unpaired) electrons. The number of hydrogen-bond donors (Lipinski definition) is 3. The molecule has 43 heavy (non-hydrogen) atoms. The van der Waals surface area contributed by atoms with Crippen molar-refractivity contribution in [3.05, 3.63) is 83.2 Å². The average molecular weight is 602 g/mol. The third-order valence-corrected chi connectivity index (χ3v) is 7.44. The van der Waals surface area contributed by atoms with Gasteiger partial charge in [0.15, 0.2) is 0 Å². The van der Waals surface area contributed by atoms with Gasteiger partial charge in [0.1, 0.15) is 0 Å². The minimum atomic E-state index is -0.196. The van der Waals surface area contributed by atoms with Crippen molar-refractivity contribution in [2.24, 2.45) is 0 Å². The van der Waals surface area contributed by atoms with E-state index in [9.17, 15) is 9.59 Å². The van der Waals surface area contributed by atoms with Gasteiger partial charge in [-0.25, -0.2) is 9.97 Å². The number of nitrogens with one attached hydrogen (secondary N) is 3. The molecule has 226 valence electrons. The number of amides is 2. The number of rotatable bonds is 8. The Morgan fingerprint density at radius 2 is 1.88 bits per heavy atom. The maximum Gasteiger partial charge on any atom is 0.254 e. The van der Waals surface area contributed by atoms with Crippen LogP contribution in [0.25, 0.3) is 22.2 Å². The predicted molar refractivity (Wildman–Crippen MR) is 176 cm³/mol. The Morgan fingerprint density at radius 1 is 1.14 bits per heavy atom. The van der Waals surface area contributed by atoms with Gasteiger partial charge < -0.3 is 25.4 Å². The molecule has 0 unspecified atom stereocenters. The van der Waals surface area contributed by atoms with Gasteiger partial charge in [-0.05, 0) is 63.7 Å². The van der Waals surface area contributed by atoms with Crippen LogP contribution in [-0.2, 0) is 4.79 Å². The molecule has 0 aliphatic carbocycles. The summed E-state index contributed by atoms with van der Waals surface area (Å²) in [6.45, 7) is 7.81. The lowest BCUT2D eigenvalue weighted by atomic mass is 10.0. The van der Waals surface area contributed by atoms with Crippen molar-refractivity contribution >= 4 is 46.0 Å². The van der Waals surface area contributed by atoms with Gasteiger partial charge in [0.05, 0.1) is 16.9 Å². The van der Waals surface area contributed by atoms with E-state index in [-0.39, 0.29) is 17.9 Å². The second-order valence-electron chi connectivity index (χ2n) is 10.5. The summed E-state index contributed by atoms with van der Waals surface area (Å²) in [5.74, 6) is 0.316. The van der Waals surface area contributed by atoms with Crippen molar-refractivity contribution in [3.8, 4) is 11.3 Å². The number of aromatic amines is 1. The van der Waals surface area contributed by atoms with Crippen molar-refractivity contribution in [2.75, 3.05) is 44.4 Å². The van der Waals surface area contributed by atoms with Gasteiger partial charge in [0, 0.05) is 65.7 Å². The first-order valence-electron chi connectivity index (χ1n) is 14.7. The largest absolute Gasteiger partial charge is 0.360 e. The molecular weight excluding hydrogens is 562 g/mol. The molecule has 2 amide bonds. The number of piperidine rings is 1. The van der Waals surface area contributed by atoms with Crippen molar-refractivity contribution in [1.82, 2.24) is 24.8 Å². The van der Waals surface area contributed by atoms with Crippen molar-refractivity contribution in [1.29, 1.82) is 0 Å². The molecular formula is C33H40ClN7O2. The van der Waals surface area contributed by atoms with Crippen LogP contribution >= 0.6 is 11.6 Å². The lowest BCUT2D eigenvalue weighted by molar-refractivity contribution is -0.111. The number of halogens is 1. The molecule has 3 heterocycles. The molecule has 1 saturated heterocycles. The highest BCUT2D eigenvalue weighted by Crippen LogP contribution is 2.32. The van der Waals surface area contributed by atoms with E-state index in [4.69, 9.17) is 16.6 Å². The highest BCUT2D eigenvalue weighted by molar-refractivity contribution is 6.33. The molecule has 1 aliphatic rings. The Bertz CT molecular complexity index is 1590. The van der Waals surface area contributed by atoms with Crippen LogP contribution in [0, 0.1) is 6.92 Å². The first-order chi connectivity index (χ1) is 20.8. The molecule has 4 aromatic rings. The number of H-pyrrole nitrogens is 1. The number of carbonyl (C=O) groups excluding carboxylic acids is 2. The number of nitrogens with zero attached hydrogens (tertiary/aromatic N) is 4. The first kappa shape index (κ1) is 31.7. The van der Waals surface area contributed by atoms with Gasteiger partial charge in [-0.1, -0.05) is 49.7 Å². The molecule has 9 nitrogen and oxygen atoms in total. The second-order valence-corrected chi connectivity index (χ2v) is 10.9. The van der Waals surface area contributed by atoms with Crippen molar-refractivity contribution in [3.63, 3.8) is 0 Å². The van der Waals surface area contributed by atoms with Gasteiger partial charge in [-0.3, -0.25) is 9.59 Å². The zero-order valence-electron chi connectivity index (χ0n) is 25.4. The third kappa shape index (κ3) is 8.00. The van der Waals surface area contributed by atoms with Crippen LogP contribution in [0.4, 0.5) is 11.6 Å². The number of benzene rings is 2. The molecule has 0 atom stereocenters. The third-order valence-electron chi connectivity index (χ3n) is 7.17. The van der Waals surface area contributed by atoms with Gasteiger partial charge >= 0.3 is 0 Å². The second kappa shape index (κ2) is 14.8. The fraction of sp³-hybridized carbons (Fsp3) is 0.333. The SMILES string of the molecule is CC.Cc1cc(NC(=O)/C=C/CN(C)C)ccc1C(=O)N1CCC(Nc2ncc(Cl)c(-c3c[nH]c4ccccc34)n2)CC1. The molecule has 10 heteroatoms. The maximum atomic E-state index is 13.3. The summed E-state index contributed by atoms with van der Waals surface area (Å²) in [5.41, 5.74) is 4.75. The Morgan fingerprint density at radius 3 is 2.60 bits per heavy atom.